The lowest BCUT2D eigenvalue weighted by molar-refractivity contribution is -0.143. The van der Waals surface area contributed by atoms with Crippen LogP contribution in [0.3, 0.4) is 0 Å². The number of carbonyl (C=O) groups is 1. The highest BCUT2D eigenvalue weighted by atomic mass is 32.2. The number of alkyl halides is 3. The van der Waals surface area contributed by atoms with E-state index < -0.39 is 21.2 Å². The van der Waals surface area contributed by atoms with Crippen molar-refractivity contribution in [1.82, 2.24) is 14.9 Å². The van der Waals surface area contributed by atoms with Crippen molar-refractivity contribution in [2.24, 2.45) is 0 Å². The maximum absolute atomic E-state index is 12.4. The van der Waals surface area contributed by atoms with Crippen LogP contribution in [-0.4, -0.2) is 54.5 Å². The average molecular weight is 340 g/mol. The van der Waals surface area contributed by atoms with Crippen molar-refractivity contribution in [3.05, 3.63) is 18.2 Å². The molecule has 2 heterocycles. The molecule has 1 aromatic heterocycles. The molecule has 2 rings (SSSR count). The minimum absolute atomic E-state index is 0.0434. The zero-order chi connectivity index (χ0) is 16.4. The summed E-state index contributed by atoms with van der Waals surface area (Å²) in [5.41, 5.74) is -5.94. The summed E-state index contributed by atoms with van der Waals surface area (Å²) in [7, 11) is -5.59. The molecule has 1 N–H and O–H groups in total. The SMILES string of the molecule is O=C1COCCN1Cc1ncncc1NS(=O)(=O)C(F)(F)F. The molecule has 0 radical (unpaired) electrons. The Morgan fingerprint density at radius 1 is 1.41 bits per heavy atom. The molecular weight excluding hydrogens is 329 g/mol. The number of hydrogen-bond donors (Lipinski definition) is 1. The maximum atomic E-state index is 12.4. The van der Waals surface area contributed by atoms with Crippen molar-refractivity contribution in [2.45, 2.75) is 12.1 Å². The van der Waals surface area contributed by atoms with Crippen LogP contribution in [0.25, 0.3) is 0 Å². The number of nitrogens with one attached hydrogen (secondary N) is 1. The Balaban J connectivity index is 2.22. The van der Waals surface area contributed by atoms with Crippen molar-refractivity contribution in [3.8, 4) is 0 Å². The van der Waals surface area contributed by atoms with E-state index in [-0.39, 0.29) is 37.9 Å². The number of aromatic nitrogens is 2. The largest absolute Gasteiger partial charge is 0.516 e. The third-order valence-electron chi connectivity index (χ3n) is 2.77. The van der Waals surface area contributed by atoms with Crippen LogP contribution in [0, 0.1) is 0 Å². The van der Waals surface area contributed by atoms with Crippen LogP contribution < -0.4 is 4.72 Å². The molecule has 1 fully saturated rings. The van der Waals surface area contributed by atoms with Crippen LogP contribution in [0.4, 0.5) is 18.9 Å². The molecule has 0 spiro atoms. The van der Waals surface area contributed by atoms with Gasteiger partial charge < -0.3 is 9.64 Å². The van der Waals surface area contributed by atoms with Crippen LogP contribution in [0.15, 0.2) is 12.5 Å². The van der Waals surface area contributed by atoms with Gasteiger partial charge in [0.2, 0.25) is 5.91 Å². The first kappa shape index (κ1) is 16.4. The van der Waals surface area contributed by atoms with Crippen LogP contribution >= 0.6 is 0 Å². The van der Waals surface area contributed by atoms with Gasteiger partial charge in [-0.3, -0.25) is 9.52 Å². The molecule has 8 nitrogen and oxygen atoms in total. The molecule has 0 saturated carbocycles. The fourth-order valence-electron chi connectivity index (χ4n) is 1.67. The number of hydrogen-bond acceptors (Lipinski definition) is 6. The third-order valence-corrected chi connectivity index (χ3v) is 3.87. The molecular formula is C10H11F3N4O4S. The molecule has 1 amide bonds. The lowest BCUT2D eigenvalue weighted by Crippen LogP contribution is -2.41. The van der Waals surface area contributed by atoms with E-state index in [0.717, 1.165) is 12.5 Å². The van der Waals surface area contributed by atoms with Gasteiger partial charge in [-0.15, -0.1) is 0 Å². The van der Waals surface area contributed by atoms with Crippen molar-refractivity contribution in [1.29, 1.82) is 0 Å². The lowest BCUT2D eigenvalue weighted by Gasteiger charge is -2.27. The molecule has 12 heteroatoms. The molecule has 0 aliphatic carbocycles. The minimum atomic E-state index is -5.59. The molecule has 1 aromatic rings. The summed E-state index contributed by atoms with van der Waals surface area (Å²) in [6.45, 7) is 0.212. The summed E-state index contributed by atoms with van der Waals surface area (Å²) >= 11 is 0. The van der Waals surface area contributed by atoms with Gasteiger partial charge in [-0.2, -0.15) is 21.6 Å². The molecule has 1 saturated heterocycles. The summed E-state index contributed by atoms with van der Waals surface area (Å²) in [6.07, 6.45) is 1.95. The molecule has 0 atom stereocenters. The van der Waals surface area contributed by atoms with E-state index in [4.69, 9.17) is 4.74 Å². The first-order valence-corrected chi connectivity index (χ1v) is 7.42. The third kappa shape index (κ3) is 3.62. The van der Waals surface area contributed by atoms with E-state index in [0.29, 0.717) is 0 Å². The number of carbonyl (C=O) groups excluding carboxylic acids is 1. The van der Waals surface area contributed by atoms with E-state index in [1.165, 1.54) is 9.62 Å². The minimum Gasteiger partial charge on any atom is -0.370 e. The number of ether oxygens (including phenoxy) is 1. The Bertz CT molecular complexity index is 664. The quantitative estimate of drug-likeness (QED) is 0.834. The predicted octanol–water partition coefficient (Wildman–Crippen LogP) is 0.0969. The Kier molecular flexibility index (Phi) is 4.51. The van der Waals surface area contributed by atoms with E-state index in [1.54, 1.807) is 0 Å². The average Bonchev–Trinajstić information content (AvgIpc) is 2.42. The molecule has 1 aliphatic rings. The zero-order valence-corrected chi connectivity index (χ0v) is 11.8. The van der Waals surface area contributed by atoms with Crippen LogP contribution in [0.1, 0.15) is 5.69 Å². The fraction of sp³-hybridized carbons (Fsp3) is 0.500. The van der Waals surface area contributed by atoms with Crippen LogP contribution in [-0.2, 0) is 26.1 Å². The van der Waals surface area contributed by atoms with Gasteiger partial charge >= 0.3 is 15.5 Å². The molecule has 0 aromatic carbocycles. The van der Waals surface area contributed by atoms with Crippen LogP contribution in [0.5, 0.6) is 0 Å². The second-order valence-corrected chi connectivity index (χ2v) is 5.98. The van der Waals surface area contributed by atoms with Gasteiger partial charge in [0, 0.05) is 6.54 Å². The molecule has 22 heavy (non-hydrogen) atoms. The van der Waals surface area contributed by atoms with Gasteiger partial charge in [0.05, 0.1) is 30.7 Å². The van der Waals surface area contributed by atoms with Gasteiger partial charge in [0.1, 0.15) is 12.9 Å². The van der Waals surface area contributed by atoms with Crippen molar-refractivity contribution in [2.75, 3.05) is 24.5 Å². The van der Waals surface area contributed by atoms with Crippen molar-refractivity contribution < 1.29 is 31.1 Å². The first-order chi connectivity index (χ1) is 10.2. The van der Waals surface area contributed by atoms with Crippen molar-refractivity contribution >= 4 is 21.6 Å². The highest BCUT2D eigenvalue weighted by molar-refractivity contribution is 7.93. The maximum Gasteiger partial charge on any atom is 0.516 e. The highest BCUT2D eigenvalue weighted by Crippen LogP contribution is 2.26. The summed E-state index contributed by atoms with van der Waals surface area (Å²) in [5.74, 6) is -0.366. The summed E-state index contributed by atoms with van der Waals surface area (Å²) in [4.78, 5) is 20.1. The number of rotatable bonds is 4. The normalized spacial score (nSPS) is 16.7. The monoisotopic (exact) mass is 340 g/mol. The summed E-state index contributed by atoms with van der Waals surface area (Å²) < 4.78 is 65.8. The van der Waals surface area contributed by atoms with E-state index in [9.17, 15) is 26.4 Å². The van der Waals surface area contributed by atoms with Crippen molar-refractivity contribution in [3.63, 3.8) is 0 Å². The van der Waals surface area contributed by atoms with Gasteiger partial charge in [-0.05, 0) is 0 Å². The Morgan fingerprint density at radius 2 is 2.14 bits per heavy atom. The molecule has 0 bridgehead atoms. The number of nitrogens with zero attached hydrogens (tertiary/aromatic N) is 3. The summed E-state index contributed by atoms with van der Waals surface area (Å²) in [6, 6.07) is 0. The van der Waals surface area contributed by atoms with Gasteiger partial charge in [-0.1, -0.05) is 0 Å². The molecule has 1 aliphatic heterocycles. The number of amides is 1. The Labute approximate surface area is 123 Å². The van der Waals surface area contributed by atoms with E-state index >= 15 is 0 Å². The Hall–Kier alpha value is -1.95. The number of sulfonamides is 1. The van der Waals surface area contributed by atoms with Crippen LogP contribution in [0.2, 0.25) is 0 Å². The van der Waals surface area contributed by atoms with Gasteiger partial charge in [0.15, 0.2) is 0 Å². The number of morpholine rings is 1. The zero-order valence-electron chi connectivity index (χ0n) is 11.0. The highest BCUT2D eigenvalue weighted by Gasteiger charge is 2.46. The second kappa shape index (κ2) is 6.04. The second-order valence-electron chi connectivity index (χ2n) is 4.30. The van der Waals surface area contributed by atoms with E-state index in [1.807, 2.05) is 0 Å². The number of halogens is 3. The smallest absolute Gasteiger partial charge is 0.370 e. The first-order valence-electron chi connectivity index (χ1n) is 5.94. The fourth-order valence-corrected chi connectivity index (χ4v) is 2.24. The standard InChI is InChI=1S/C10H11F3N4O4S/c11-10(12,13)22(19,20)16-7-3-14-6-15-8(7)4-17-1-2-21-5-9(17)18/h3,6,16H,1-2,4-5H2. The van der Waals surface area contributed by atoms with Gasteiger partial charge in [-0.25, -0.2) is 9.97 Å². The Morgan fingerprint density at radius 3 is 2.77 bits per heavy atom. The predicted molar refractivity (Wildman–Crippen MR) is 66.9 cm³/mol. The topological polar surface area (TPSA) is 101 Å². The van der Waals surface area contributed by atoms with E-state index in [2.05, 4.69) is 9.97 Å². The number of anilines is 1. The summed E-state index contributed by atoms with van der Waals surface area (Å²) in [5, 5.41) is 0. The lowest BCUT2D eigenvalue weighted by atomic mass is 10.3. The molecule has 122 valence electrons. The molecule has 0 unspecified atom stereocenters. The van der Waals surface area contributed by atoms with Gasteiger partial charge in [0.25, 0.3) is 0 Å².